The minimum absolute atomic E-state index is 0.262. The van der Waals surface area contributed by atoms with E-state index < -0.39 is 0 Å². The number of benzene rings is 2. The van der Waals surface area contributed by atoms with Crippen molar-refractivity contribution >= 4 is 23.6 Å². The van der Waals surface area contributed by atoms with E-state index in [1.54, 1.807) is 26.0 Å². The van der Waals surface area contributed by atoms with Crippen LogP contribution in [0.5, 0.6) is 11.5 Å². The molecule has 1 N–H and O–H groups in total. The number of thioether (sulfide) groups is 1. The average Bonchev–Trinajstić information content (AvgIpc) is 2.73. The van der Waals surface area contributed by atoms with Gasteiger partial charge in [-0.05, 0) is 36.2 Å². The SMILES string of the molecule is COc1ccc(CCNC(=O)COC(=O)CCSc2ccccc2)cc1OC. The number of esters is 1. The van der Waals surface area contributed by atoms with Gasteiger partial charge in [0, 0.05) is 17.2 Å². The van der Waals surface area contributed by atoms with Crippen LogP contribution >= 0.6 is 11.8 Å². The van der Waals surface area contributed by atoms with Crippen molar-refractivity contribution in [2.75, 3.05) is 33.1 Å². The van der Waals surface area contributed by atoms with Gasteiger partial charge in [0.1, 0.15) is 0 Å². The lowest BCUT2D eigenvalue weighted by Crippen LogP contribution is -2.30. The second kappa shape index (κ2) is 11.9. The van der Waals surface area contributed by atoms with Crippen LogP contribution in [0.3, 0.4) is 0 Å². The number of ether oxygens (including phenoxy) is 3. The Morgan fingerprint density at radius 3 is 2.46 bits per heavy atom. The zero-order chi connectivity index (χ0) is 20.2. The van der Waals surface area contributed by atoms with Crippen molar-refractivity contribution in [2.24, 2.45) is 0 Å². The van der Waals surface area contributed by atoms with E-state index in [9.17, 15) is 9.59 Å². The summed E-state index contributed by atoms with van der Waals surface area (Å²) in [5, 5.41) is 2.74. The molecular weight excluding hydrogens is 378 g/mol. The number of methoxy groups -OCH3 is 2. The Morgan fingerprint density at radius 1 is 1.00 bits per heavy atom. The molecule has 150 valence electrons. The van der Waals surface area contributed by atoms with Crippen LogP contribution in [0.2, 0.25) is 0 Å². The standard InChI is InChI=1S/C21H25NO5S/c1-25-18-9-8-16(14-19(18)26-2)10-12-22-20(23)15-27-21(24)11-13-28-17-6-4-3-5-7-17/h3-9,14H,10-13,15H2,1-2H3,(H,22,23). The summed E-state index contributed by atoms with van der Waals surface area (Å²) in [5.41, 5.74) is 1.01. The maximum atomic E-state index is 11.8. The molecule has 7 heteroatoms. The van der Waals surface area contributed by atoms with Crippen molar-refractivity contribution in [1.82, 2.24) is 5.32 Å². The zero-order valence-electron chi connectivity index (χ0n) is 16.1. The molecule has 0 radical (unpaired) electrons. The molecular formula is C21H25NO5S. The third-order valence-electron chi connectivity index (χ3n) is 3.87. The Bertz CT molecular complexity index is 767. The molecule has 0 spiro atoms. The van der Waals surface area contributed by atoms with E-state index in [2.05, 4.69) is 5.32 Å². The topological polar surface area (TPSA) is 73.9 Å². The summed E-state index contributed by atoms with van der Waals surface area (Å²) in [6.07, 6.45) is 0.895. The Morgan fingerprint density at radius 2 is 1.75 bits per heavy atom. The summed E-state index contributed by atoms with van der Waals surface area (Å²) < 4.78 is 15.5. The van der Waals surface area contributed by atoms with Gasteiger partial charge in [-0.2, -0.15) is 0 Å². The van der Waals surface area contributed by atoms with Gasteiger partial charge in [-0.1, -0.05) is 24.3 Å². The van der Waals surface area contributed by atoms with Crippen LogP contribution in [0.25, 0.3) is 0 Å². The molecule has 0 atom stereocenters. The van der Waals surface area contributed by atoms with Crippen molar-refractivity contribution in [3.63, 3.8) is 0 Å². The second-order valence-electron chi connectivity index (χ2n) is 5.86. The van der Waals surface area contributed by atoms with E-state index in [0.29, 0.717) is 30.2 Å². The van der Waals surface area contributed by atoms with Gasteiger partial charge in [0.05, 0.1) is 20.6 Å². The van der Waals surface area contributed by atoms with E-state index in [4.69, 9.17) is 14.2 Å². The largest absolute Gasteiger partial charge is 0.493 e. The molecule has 0 heterocycles. The van der Waals surface area contributed by atoms with Crippen molar-refractivity contribution in [2.45, 2.75) is 17.7 Å². The number of rotatable bonds is 11. The van der Waals surface area contributed by atoms with E-state index in [1.165, 1.54) is 0 Å². The van der Waals surface area contributed by atoms with Crippen LogP contribution in [-0.2, 0) is 20.7 Å². The lowest BCUT2D eigenvalue weighted by atomic mass is 10.1. The molecule has 0 saturated carbocycles. The zero-order valence-corrected chi connectivity index (χ0v) is 16.9. The fourth-order valence-electron chi connectivity index (χ4n) is 2.42. The van der Waals surface area contributed by atoms with Gasteiger partial charge in [0.2, 0.25) is 0 Å². The lowest BCUT2D eigenvalue weighted by molar-refractivity contribution is -0.148. The molecule has 2 aromatic rings. The van der Waals surface area contributed by atoms with Crippen molar-refractivity contribution in [3.05, 3.63) is 54.1 Å². The predicted molar refractivity (Wildman–Crippen MR) is 109 cm³/mol. The first kappa shape index (κ1) is 21.6. The molecule has 0 aromatic heterocycles. The van der Waals surface area contributed by atoms with Crippen LogP contribution in [0, 0.1) is 0 Å². The summed E-state index contributed by atoms with van der Waals surface area (Å²) in [4.78, 5) is 24.6. The molecule has 1 amide bonds. The summed E-state index contributed by atoms with van der Waals surface area (Å²) >= 11 is 1.58. The molecule has 2 aromatic carbocycles. The van der Waals surface area contributed by atoms with Gasteiger partial charge < -0.3 is 19.5 Å². The first-order valence-corrected chi connectivity index (χ1v) is 9.92. The van der Waals surface area contributed by atoms with Crippen LogP contribution in [0.15, 0.2) is 53.4 Å². The highest BCUT2D eigenvalue weighted by atomic mass is 32.2. The van der Waals surface area contributed by atoms with E-state index in [0.717, 1.165) is 10.5 Å². The van der Waals surface area contributed by atoms with Gasteiger partial charge in [-0.25, -0.2) is 0 Å². The number of carbonyl (C=O) groups is 2. The highest BCUT2D eigenvalue weighted by Gasteiger charge is 2.08. The number of amides is 1. The minimum Gasteiger partial charge on any atom is -0.493 e. The van der Waals surface area contributed by atoms with Crippen LogP contribution < -0.4 is 14.8 Å². The molecule has 28 heavy (non-hydrogen) atoms. The van der Waals surface area contributed by atoms with Gasteiger partial charge >= 0.3 is 5.97 Å². The summed E-state index contributed by atoms with van der Waals surface area (Å²) in [6, 6.07) is 15.4. The predicted octanol–water partition coefficient (Wildman–Crippen LogP) is 3.09. The number of carbonyl (C=O) groups excluding carboxylic acids is 2. The quantitative estimate of drug-likeness (QED) is 0.459. The van der Waals surface area contributed by atoms with E-state index in [-0.39, 0.29) is 24.9 Å². The molecule has 0 saturated heterocycles. The molecule has 0 unspecified atom stereocenters. The van der Waals surface area contributed by atoms with Crippen molar-refractivity contribution < 1.29 is 23.8 Å². The highest BCUT2D eigenvalue weighted by Crippen LogP contribution is 2.27. The van der Waals surface area contributed by atoms with Crippen molar-refractivity contribution in [3.8, 4) is 11.5 Å². The Balaban J connectivity index is 1.61. The van der Waals surface area contributed by atoms with E-state index >= 15 is 0 Å². The first-order chi connectivity index (χ1) is 13.6. The molecule has 0 bridgehead atoms. The molecule has 0 aliphatic heterocycles. The first-order valence-electron chi connectivity index (χ1n) is 8.93. The third kappa shape index (κ3) is 7.52. The molecule has 0 fully saturated rings. The fraction of sp³-hybridized carbons (Fsp3) is 0.333. The summed E-state index contributed by atoms with van der Waals surface area (Å²) in [5.74, 6) is 1.23. The van der Waals surface area contributed by atoms with Gasteiger partial charge in [0.15, 0.2) is 18.1 Å². The molecule has 6 nitrogen and oxygen atoms in total. The third-order valence-corrected chi connectivity index (χ3v) is 4.88. The molecule has 0 aliphatic carbocycles. The maximum Gasteiger partial charge on any atom is 0.307 e. The number of hydrogen-bond acceptors (Lipinski definition) is 6. The van der Waals surface area contributed by atoms with E-state index in [1.807, 2.05) is 48.5 Å². The number of hydrogen-bond donors (Lipinski definition) is 1. The van der Waals surface area contributed by atoms with Crippen LogP contribution in [0.1, 0.15) is 12.0 Å². The fourth-order valence-corrected chi connectivity index (χ4v) is 3.27. The number of nitrogens with one attached hydrogen (secondary N) is 1. The molecule has 2 rings (SSSR count). The lowest BCUT2D eigenvalue weighted by Gasteiger charge is -2.10. The monoisotopic (exact) mass is 403 g/mol. The van der Waals surface area contributed by atoms with Gasteiger partial charge in [-0.3, -0.25) is 9.59 Å². The highest BCUT2D eigenvalue weighted by molar-refractivity contribution is 7.99. The second-order valence-corrected chi connectivity index (χ2v) is 7.03. The van der Waals surface area contributed by atoms with Crippen molar-refractivity contribution in [1.29, 1.82) is 0 Å². The van der Waals surface area contributed by atoms with Crippen LogP contribution in [-0.4, -0.2) is 45.0 Å². The normalized spacial score (nSPS) is 10.2. The molecule has 0 aliphatic rings. The van der Waals surface area contributed by atoms with Gasteiger partial charge in [0.25, 0.3) is 5.91 Å². The smallest absolute Gasteiger partial charge is 0.307 e. The average molecular weight is 404 g/mol. The van der Waals surface area contributed by atoms with Gasteiger partial charge in [-0.15, -0.1) is 11.8 Å². The Hall–Kier alpha value is -2.67. The Labute approximate surface area is 169 Å². The summed E-state index contributed by atoms with van der Waals surface area (Å²) in [7, 11) is 3.16. The van der Waals surface area contributed by atoms with Crippen LogP contribution in [0.4, 0.5) is 0 Å². The maximum absolute atomic E-state index is 11.8. The minimum atomic E-state index is -0.376. The Kier molecular flexibility index (Phi) is 9.21. The summed E-state index contributed by atoms with van der Waals surface area (Å²) in [6.45, 7) is 0.177.